The lowest BCUT2D eigenvalue weighted by molar-refractivity contribution is 0.0681. The number of carboxylic acid groups (broad SMARTS) is 1. The third-order valence-corrected chi connectivity index (χ3v) is 2.95. The van der Waals surface area contributed by atoms with Crippen molar-refractivity contribution in [2.24, 2.45) is 0 Å². The van der Waals surface area contributed by atoms with Gasteiger partial charge >= 0.3 is 5.97 Å². The Morgan fingerprint density at radius 3 is 2.55 bits per heavy atom. The number of carbonyl (C=O) groups is 1. The van der Waals surface area contributed by atoms with Crippen LogP contribution in [0.5, 0.6) is 5.75 Å². The Balaban J connectivity index is 2.12. The fourth-order valence-corrected chi connectivity index (χ4v) is 1.88. The second-order valence-electron chi connectivity index (χ2n) is 4.61. The molecule has 0 fully saturated rings. The molecule has 0 unspecified atom stereocenters. The molecule has 5 nitrogen and oxygen atoms in total. The summed E-state index contributed by atoms with van der Waals surface area (Å²) in [6.07, 6.45) is 0. The van der Waals surface area contributed by atoms with Crippen molar-refractivity contribution in [1.82, 2.24) is 9.78 Å². The number of aromatic nitrogens is 2. The molecule has 106 valence electrons. The summed E-state index contributed by atoms with van der Waals surface area (Å²) < 4.78 is 7.02. The maximum absolute atomic E-state index is 11.1. The molecule has 0 saturated carbocycles. The molecule has 1 heterocycles. The van der Waals surface area contributed by atoms with Crippen LogP contribution in [0.2, 0.25) is 5.02 Å². The smallest absolute Gasteiger partial charge is 0.354 e. The van der Waals surface area contributed by atoms with Gasteiger partial charge in [-0.1, -0.05) is 11.6 Å². The van der Waals surface area contributed by atoms with Gasteiger partial charge in [-0.2, -0.15) is 5.10 Å². The fourth-order valence-electron chi connectivity index (χ4n) is 1.76. The molecule has 20 heavy (non-hydrogen) atoms. The molecule has 0 saturated heterocycles. The summed E-state index contributed by atoms with van der Waals surface area (Å²) in [5, 5.41) is 14.0. The van der Waals surface area contributed by atoms with Crippen molar-refractivity contribution in [2.45, 2.75) is 26.5 Å². The molecule has 2 rings (SSSR count). The maximum atomic E-state index is 11.1. The molecular weight excluding hydrogens is 280 g/mol. The van der Waals surface area contributed by atoms with E-state index in [0.29, 0.717) is 16.5 Å². The van der Waals surface area contributed by atoms with Crippen molar-refractivity contribution in [3.63, 3.8) is 0 Å². The molecule has 1 aromatic carbocycles. The third kappa shape index (κ3) is 3.30. The summed E-state index contributed by atoms with van der Waals surface area (Å²) in [6, 6.07) is 8.46. The summed E-state index contributed by atoms with van der Waals surface area (Å²) in [4.78, 5) is 11.1. The van der Waals surface area contributed by atoms with E-state index in [1.165, 1.54) is 10.7 Å². The van der Waals surface area contributed by atoms with E-state index in [-0.39, 0.29) is 18.3 Å². The van der Waals surface area contributed by atoms with E-state index < -0.39 is 5.97 Å². The molecule has 1 N–H and O–H groups in total. The number of aromatic carboxylic acids is 1. The quantitative estimate of drug-likeness (QED) is 0.918. The predicted octanol–water partition coefficient (Wildman–Crippen LogP) is 3.39. The topological polar surface area (TPSA) is 64.4 Å². The van der Waals surface area contributed by atoms with Crippen molar-refractivity contribution in [1.29, 1.82) is 0 Å². The van der Waals surface area contributed by atoms with Crippen molar-refractivity contribution < 1.29 is 14.6 Å². The van der Waals surface area contributed by atoms with Crippen molar-refractivity contribution >= 4 is 17.6 Å². The van der Waals surface area contributed by atoms with Gasteiger partial charge in [0, 0.05) is 11.1 Å². The van der Waals surface area contributed by atoms with Gasteiger partial charge in [0.15, 0.2) is 0 Å². The summed E-state index contributed by atoms with van der Waals surface area (Å²) in [5.74, 6) is -0.339. The minimum atomic E-state index is -0.996. The maximum Gasteiger partial charge on any atom is 0.354 e. The largest absolute Gasteiger partial charge is 0.487 e. The average molecular weight is 295 g/mol. The molecule has 0 spiro atoms. The van der Waals surface area contributed by atoms with Crippen LogP contribution in [0, 0.1) is 0 Å². The van der Waals surface area contributed by atoms with Gasteiger partial charge in [0.25, 0.3) is 0 Å². The van der Waals surface area contributed by atoms with Gasteiger partial charge in [-0.25, -0.2) is 4.79 Å². The van der Waals surface area contributed by atoms with Gasteiger partial charge in [-0.05, 0) is 44.2 Å². The van der Waals surface area contributed by atoms with Crippen molar-refractivity contribution in [3.05, 3.63) is 46.7 Å². The van der Waals surface area contributed by atoms with Gasteiger partial charge in [0.2, 0.25) is 0 Å². The van der Waals surface area contributed by atoms with Crippen LogP contribution in [-0.2, 0) is 6.61 Å². The predicted molar refractivity (Wildman–Crippen MR) is 75.4 cm³/mol. The lowest BCUT2D eigenvalue weighted by Gasteiger charge is -2.07. The van der Waals surface area contributed by atoms with E-state index in [1.807, 2.05) is 13.8 Å². The summed E-state index contributed by atoms with van der Waals surface area (Å²) in [6.45, 7) is 3.97. The first kappa shape index (κ1) is 14.4. The number of halogens is 1. The zero-order valence-electron chi connectivity index (χ0n) is 11.2. The number of nitrogens with zero attached hydrogens (tertiary/aromatic N) is 2. The first-order valence-corrected chi connectivity index (χ1v) is 6.55. The van der Waals surface area contributed by atoms with Gasteiger partial charge in [-0.15, -0.1) is 0 Å². The third-order valence-electron chi connectivity index (χ3n) is 2.69. The highest BCUT2D eigenvalue weighted by molar-refractivity contribution is 6.30. The Hall–Kier alpha value is -2.01. The van der Waals surface area contributed by atoms with E-state index in [9.17, 15) is 4.79 Å². The number of benzene rings is 1. The molecule has 0 aliphatic rings. The monoisotopic (exact) mass is 294 g/mol. The van der Waals surface area contributed by atoms with E-state index in [2.05, 4.69) is 5.10 Å². The van der Waals surface area contributed by atoms with E-state index >= 15 is 0 Å². The zero-order valence-corrected chi connectivity index (χ0v) is 12.0. The number of rotatable bonds is 5. The van der Waals surface area contributed by atoms with Crippen LogP contribution in [0.15, 0.2) is 30.3 Å². The van der Waals surface area contributed by atoms with E-state index in [0.717, 1.165) is 0 Å². The molecule has 0 atom stereocenters. The molecule has 1 aromatic heterocycles. The Morgan fingerprint density at radius 2 is 2.05 bits per heavy atom. The molecule has 6 heteroatoms. The number of hydrogen-bond acceptors (Lipinski definition) is 3. The second-order valence-corrected chi connectivity index (χ2v) is 5.04. The highest BCUT2D eigenvalue weighted by Crippen LogP contribution is 2.18. The first-order chi connectivity index (χ1) is 9.47. The molecule has 0 aliphatic heterocycles. The standard InChI is InChI=1S/C14H15ClN2O3/c1-9(2)17-13(14(18)19)7-11(16-17)8-20-12-5-3-10(15)4-6-12/h3-7,9H,8H2,1-2H3,(H,18,19). The number of carboxylic acids is 1. The van der Waals surface area contributed by atoms with Crippen LogP contribution in [0.4, 0.5) is 0 Å². The van der Waals surface area contributed by atoms with Crippen molar-refractivity contribution in [2.75, 3.05) is 0 Å². The highest BCUT2D eigenvalue weighted by atomic mass is 35.5. The number of ether oxygens (including phenoxy) is 1. The van der Waals surface area contributed by atoms with E-state index in [1.54, 1.807) is 24.3 Å². The number of hydrogen-bond donors (Lipinski definition) is 1. The minimum Gasteiger partial charge on any atom is -0.487 e. The van der Waals surface area contributed by atoms with Gasteiger partial charge in [-0.3, -0.25) is 4.68 Å². The Morgan fingerprint density at radius 1 is 1.40 bits per heavy atom. The van der Waals surface area contributed by atoms with Gasteiger partial charge in [0.1, 0.15) is 23.7 Å². The Kier molecular flexibility index (Phi) is 4.29. The van der Waals surface area contributed by atoms with Gasteiger partial charge in [0.05, 0.1) is 0 Å². The Labute approximate surface area is 121 Å². The first-order valence-electron chi connectivity index (χ1n) is 6.17. The van der Waals surface area contributed by atoms with Crippen LogP contribution in [0.3, 0.4) is 0 Å². The van der Waals surface area contributed by atoms with Crippen LogP contribution < -0.4 is 4.74 Å². The van der Waals surface area contributed by atoms with Crippen LogP contribution in [0.1, 0.15) is 36.1 Å². The van der Waals surface area contributed by atoms with Crippen LogP contribution >= 0.6 is 11.6 Å². The summed E-state index contributed by atoms with van der Waals surface area (Å²) in [5.41, 5.74) is 0.737. The fraction of sp³-hybridized carbons (Fsp3) is 0.286. The van der Waals surface area contributed by atoms with Crippen LogP contribution in [0.25, 0.3) is 0 Å². The normalized spacial score (nSPS) is 10.8. The molecule has 0 bridgehead atoms. The summed E-state index contributed by atoms with van der Waals surface area (Å²) in [7, 11) is 0. The molecule has 0 aliphatic carbocycles. The lowest BCUT2D eigenvalue weighted by atomic mass is 10.3. The molecule has 0 radical (unpaired) electrons. The summed E-state index contributed by atoms with van der Waals surface area (Å²) >= 11 is 5.79. The Bertz CT molecular complexity index is 605. The SMILES string of the molecule is CC(C)n1nc(COc2ccc(Cl)cc2)cc1C(=O)O. The molecule has 2 aromatic rings. The van der Waals surface area contributed by atoms with Crippen molar-refractivity contribution in [3.8, 4) is 5.75 Å². The van der Waals surface area contributed by atoms with Gasteiger partial charge < -0.3 is 9.84 Å². The molecular formula is C14H15ClN2O3. The molecule has 0 amide bonds. The minimum absolute atomic E-state index is 0.0228. The lowest BCUT2D eigenvalue weighted by Crippen LogP contribution is -2.12. The van der Waals surface area contributed by atoms with E-state index in [4.69, 9.17) is 21.4 Å². The highest BCUT2D eigenvalue weighted by Gasteiger charge is 2.16. The second kappa shape index (κ2) is 5.96. The average Bonchev–Trinajstić information content (AvgIpc) is 2.83. The zero-order chi connectivity index (χ0) is 14.7. The van der Waals surface area contributed by atoms with Crippen LogP contribution in [-0.4, -0.2) is 20.9 Å².